The molecule has 36 heavy (non-hydrogen) atoms. The van der Waals surface area contributed by atoms with Crippen LogP contribution in [-0.2, 0) is 22.0 Å². The first-order chi connectivity index (χ1) is 15.8. The molecule has 0 aliphatic carbocycles. The minimum atomic E-state index is -4.66. The van der Waals surface area contributed by atoms with Gasteiger partial charge in [-0.3, -0.25) is 0 Å². The summed E-state index contributed by atoms with van der Waals surface area (Å²) >= 11 is 0. The molecule has 0 saturated carbocycles. The van der Waals surface area contributed by atoms with Gasteiger partial charge in [0.05, 0.1) is 44.7 Å². The van der Waals surface area contributed by atoms with E-state index in [-0.39, 0.29) is 0 Å². The third-order valence-electron chi connectivity index (χ3n) is 5.35. The normalized spacial score (nSPS) is 20.0. The monoisotopic (exact) mass is 574 g/mol. The third kappa shape index (κ3) is 9.82. The van der Waals surface area contributed by atoms with Gasteiger partial charge in [0, 0.05) is 11.8 Å². The molecule has 216 valence electrons. The van der Waals surface area contributed by atoms with Crippen LogP contribution in [0, 0.1) is 11.8 Å². The van der Waals surface area contributed by atoms with E-state index in [1.807, 2.05) is 0 Å². The lowest BCUT2D eigenvalue weighted by molar-refractivity contribution is -0.199. The molecule has 0 fully saturated rings. The predicted octanol–water partition coefficient (Wildman–Crippen LogP) is 4.31. The molecule has 4 N–H and O–H groups in total. The van der Waals surface area contributed by atoms with Gasteiger partial charge in [-0.2, -0.15) is 26.3 Å². The standard InChI is InChI=1S/2C11H20F3NO2S/c2*1-6-8(7-16)10(5,11(12,13)14)15-18(17)9(2,3)4/h2*6,8,15-16H,1,7H2,2-5H3/t2*8-,10-,18+/m11/s1. The van der Waals surface area contributed by atoms with Gasteiger partial charge in [-0.15, -0.1) is 13.2 Å². The summed E-state index contributed by atoms with van der Waals surface area (Å²) < 4.78 is 105. The Balaban J connectivity index is 0. The van der Waals surface area contributed by atoms with Crippen LogP contribution in [0.15, 0.2) is 25.3 Å². The van der Waals surface area contributed by atoms with Crippen LogP contribution < -0.4 is 9.44 Å². The number of rotatable bonds is 10. The van der Waals surface area contributed by atoms with Gasteiger partial charge in [0.25, 0.3) is 0 Å². The molecule has 0 aliphatic heterocycles. The lowest BCUT2D eigenvalue weighted by Gasteiger charge is -2.39. The summed E-state index contributed by atoms with van der Waals surface area (Å²) in [7, 11) is -3.81. The van der Waals surface area contributed by atoms with Crippen LogP contribution >= 0.6 is 0 Å². The zero-order valence-corrected chi connectivity index (χ0v) is 23.6. The second-order valence-corrected chi connectivity index (χ2v) is 14.3. The molecule has 0 saturated heterocycles. The Labute approximate surface area is 215 Å². The van der Waals surface area contributed by atoms with Gasteiger partial charge in [0.15, 0.2) is 0 Å². The molecule has 0 aromatic rings. The lowest BCUT2D eigenvalue weighted by atomic mass is 9.86. The lowest BCUT2D eigenvalue weighted by Crippen LogP contribution is -2.62. The molecular weight excluding hydrogens is 534 g/mol. The molecule has 0 radical (unpaired) electrons. The van der Waals surface area contributed by atoms with Crippen molar-refractivity contribution in [2.45, 2.75) is 88.3 Å². The Morgan fingerprint density at radius 3 is 1.00 bits per heavy atom. The minimum Gasteiger partial charge on any atom is -0.396 e. The number of hydrogen-bond donors (Lipinski definition) is 4. The van der Waals surface area contributed by atoms with E-state index in [0.29, 0.717) is 0 Å². The zero-order valence-electron chi connectivity index (χ0n) is 21.9. The van der Waals surface area contributed by atoms with Crippen molar-refractivity contribution in [3.63, 3.8) is 0 Å². The fourth-order valence-corrected chi connectivity index (χ4v) is 4.28. The number of hydrogen-bond acceptors (Lipinski definition) is 4. The number of alkyl halides is 6. The van der Waals surface area contributed by atoms with Crippen LogP contribution in [0.25, 0.3) is 0 Å². The molecule has 0 rings (SSSR count). The Morgan fingerprint density at radius 2 is 0.889 bits per heavy atom. The minimum absolute atomic E-state index is 0.728. The number of aliphatic hydroxyl groups is 2. The van der Waals surface area contributed by atoms with Crippen molar-refractivity contribution in [3.05, 3.63) is 25.3 Å². The van der Waals surface area contributed by atoms with E-state index in [4.69, 9.17) is 10.2 Å². The van der Waals surface area contributed by atoms with E-state index in [1.54, 1.807) is 41.5 Å². The summed E-state index contributed by atoms with van der Waals surface area (Å²) in [6, 6.07) is 0. The quantitative estimate of drug-likeness (QED) is 0.231. The first-order valence-electron chi connectivity index (χ1n) is 10.8. The topological polar surface area (TPSA) is 98.7 Å². The van der Waals surface area contributed by atoms with Gasteiger partial charge in [0.1, 0.15) is 11.1 Å². The Kier molecular flexibility index (Phi) is 13.8. The zero-order chi connectivity index (χ0) is 29.6. The largest absolute Gasteiger partial charge is 0.407 e. The average Bonchev–Trinajstić information content (AvgIpc) is 2.67. The Morgan fingerprint density at radius 1 is 0.667 bits per heavy atom. The summed E-state index contributed by atoms with van der Waals surface area (Å²) in [5, 5.41) is 18.1. The van der Waals surface area contributed by atoms with Crippen molar-refractivity contribution >= 4 is 22.0 Å². The van der Waals surface area contributed by atoms with Crippen LogP contribution in [0.5, 0.6) is 0 Å². The Hall–Kier alpha value is -0.800. The maximum Gasteiger partial charge on any atom is 0.407 e. The second kappa shape index (κ2) is 13.3. The molecule has 0 unspecified atom stereocenters. The molecular formula is C22H40F6N2O4S2. The van der Waals surface area contributed by atoms with Crippen LogP contribution in [0.2, 0.25) is 0 Å². The van der Waals surface area contributed by atoms with Gasteiger partial charge in [0.2, 0.25) is 0 Å². The van der Waals surface area contributed by atoms with E-state index in [1.165, 1.54) is 0 Å². The van der Waals surface area contributed by atoms with Crippen LogP contribution in [0.3, 0.4) is 0 Å². The average molecular weight is 575 g/mol. The van der Waals surface area contributed by atoms with Crippen molar-refractivity contribution in [1.82, 2.24) is 9.44 Å². The van der Waals surface area contributed by atoms with Crippen molar-refractivity contribution < 1.29 is 45.0 Å². The smallest absolute Gasteiger partial charge is 0.396 e. The van der Waals surface area contributed by atoms with Crippen LogP contribution in [0.1, 0.15) is 55.4 Å². The van der Waals surface area contributed by atoms with Crippen LogP contribution in [-0.4, -0.2) is 64.8 Å². The maximum atomic E-state index is 13.1. The van der Waals surface area contributed by atoms with Crippen molar-refractivity contribution in [3.8, 4) is 0 Å². The molecule has 6 nitrogen and oxygen atoms in total. The highest BCUT2D eigenvalue weighted by molar-refractivity contribution is 7.84. The van der Waals surface area contributed by atoms with E-state index in [0.717, 1.165) is 26.0 Å². The molecule has 6 atom stereocenters. The number of aliphatic hydroxyl groups excluding tert-OH is 2. The van der Waals surface area contributed by atoms with Gasteiger partial charge in [-0.1, -0.05) is 12.2 Å². The second-order valence-electron chi connectivity index (χ2n) is 10.4. The molecule has 0 aromatic heterocycles. The molecule has 0 spiro atoms. The number of nitrogens with one attached hydrogen (secondary N) is 2. The van der Waals surface area contributed by atoms with Crippen LogP contribution in [0.4, 0.5) is 26.3 Å². The van der Waals surface area contributed by atoms with E-state index in [9.17, 15) is 34.8 Å². The first-order valence-corrected chi connectivity index (χ1v) is 13.1. The summed E-state index contributed by atoms with van der Waals surface area (Å²) in [5.74, 6) is -2.55. The highest BCUT2D eigenvalue weighted by Gasteiger charge is 2.57. The van der Waals surface area contributed by atoms with Crippen molar-refractivity contribution in [2.24, 2.45) is 11.8 Å². The van der Waals surface area contributed by atoms with E-state index >= 15 is 0 Å². The number of halogens is 6. The summed E-state index contributed by atoms with van der Waals surface area (Å²) in [4.78, 5) is 0. The molecule has 0 bridgehead atoms. The fraction of sp³-hybridized carbons (Fsp3) is 0.818. The predicted molar refractivity (Wildman–Crippen MR) is 133 cm³/mol. The summed E-state index contributed by atoms with van der Waals surface area (Å²) in [6.45, 7) is 16.2. The van der Waals surface area contributed by atoms with Gasteiger partial charge >= 0.3 is 12.4 Å². The maximum absolute atomic E-state index is 13.1. The Bertz CT molecular complexity index is 714. The van der Waals surface area contributed by atoms with Crippen molar-refractivity contribution in [2.75, 3.05) is 13.2 Å². The molecule has 0 aliphatic rings. The van der Waals surface area contributed by atoms with Crippen molar-refractivity contribution in [1.29, 1.82) is 0 Å². The molecule has 0 amide bonds. The third-order valence-corrected chi connectivity index (χ3v) is 8.79. The first kappa shape index (κ1) is 37.4. The van der Waals surface area contributed by atoms with E-state index in [2.05, 4.69) is 22.6 Å². The fourth-order valence-electron chi connectivity index (χ4n) is 2.36. The summed E-state index contributed by atoms with van der Waals surface area (Å²) in [6.07, 6.45) is -7.29. The molecule has 0 aromatic carbocycles. The summed E-state index contributed by atoms with van der Waals surface area (Å²) in [5.41, 5.74) is -4.97. The SMILES string of the molecule is C=C[C@H](CO)[C@@](C)(N[S@@](=O)C(C)(C)C)C(F)(F)F.C=C[C@H](CO)[C@@](C)(N[S@@](=O)C(C)(C)C)C(F)(F)F. The van der Waals surface area contributed by atoms with Gasteiger partial charge in [-0.05, 0) is 55.4 Å². The molecule has 14 heteroatoms. The highest BCUT2D eigenvalue weighted by atomic mass is 32.2. The highest BCUT2D eigenvalue weighted by Crippen LogP contribution is 2.38. The van der Waals surface area contributed by atoms with Gasteiger partial charge < -0.3 is 10.2 Å². The molecule has 0 heterocycles. The van der Waals surface area contributed by atoms with Gasteiger partial charge in [-0.25, -0.2) is 17.9 Å². The van der Waals surface area contributed by atoms with E-state index < -0.39 is 79.9 Å².